The number of rotatable bonds is 5. The molecule has 2 rings (SSSR count). The van der Waals surface area contributed by atoms with Crippen LogP contribution in [0.5, 0.6) is 0 Å². The largest absolute Gasteiger partial charge is 0.396 e. The number of pyridine rings is 1. The first-order valence-electron chi connectivity index (χ1n) is 5.95. The van der Waals surface area contributed by atoms with Crippen molar-refractivity contribution in [1.82, 2.24) is 4.98 Å². The van der Waals surface area contributed by atoms with Crippen molar-refractivity contribution in [3.63, 3.8) is 0 Å². The molecule has 0 aliphatic heterocycles. The number of nitrogens with zero attached hydrogens (tertiary/aromatic N) is 1. The minimum Gasteiger partial charge on any atom is -0.396 e. The normalized spacial score (nSPS) is 11.2. The summed E-state index contributed by atoms with van der Waals surface area (Å²) < 4.78 is 26.6. The fraction of sp³-hybridized carbons (Fsp3) is 0.154. The molecular weight excluding hydrogens is 278 g/mol. The number of nitrogens with one attached hydrogen (secondary N) is 1. The van der Waals surface area contributed by atoms with Gasteiger partial charge in [0.15, 0.2) is 0 Å². The molecule has 1 aromatic carbocycles. The number of aromatic nitrogens is 1. The highest BCUT2D eigenvalue weighted by atomic mass is 32.2. The molecule has 1 heterocycles. The summed E-state index contributed by atoms with van der Waals surface area (Å²) in [7, 11) is -3.67. The third-order valence-electron chi connectivity index (χ3n) is 2.68. The van der Waals surface area contributed by atoms with E-state index in [1.54, 1.807) is 24.3 Å². The predicted molar refractivity (Wildman–Crippen MR) is 76.7 cm³/mol. The quantitative estimate of drug-likeness (QED) is 0.762. The summed E-state index contributed by atoms with van der Waals surface area (Å²) in [5.74, 6) is 0.261. The molecule has 4 N–H and O–H groups in total. The second kappa shape index (κ2) is 5.89. The molecule has 0 saturated carbocycles. The number of benzene rings is 1. The fourth-order valence-electron chi connectivity index (χ4n) is 1.63. The maximum atomic E-state index is 12.1. The van der Waals surface area contributed by atoms with Crippen molar-refractivity contribution in [1.29, 1.82) is 0 Å². The van der Waals surface area contributed by atoms with Crippen molar-refractivity contribution < 1.29 is 13.5 Å². The van der Waals surface area contributed by atoms with E-state index in [4.69, 9.17) is 10.8 Å². The van der Waals surface area contributed by atoms with Crippen molar-refractivity contribution >= 4 is 21.5 Å². The van der Waals surface area contributed by atoms with Gasteiger partial charge in [-0.3, -0.25) is 4.72 Å². The zero-order chi connectivity index (χ0) is 14.6. The molecule has 0 saturated heterocycles. The Hall–Kier alpha value is -2.12. The van der Waals surface area contributed by atoms with E-state index in [0.717, 1.165) is 5.56 Å². The number of hydrogen-bond donors (Lipinski definition) is 3. The topological polar surface area (TPSA) is 105 Å². The molecule has 7 heteroatoms. The molecule has 0 amide bonds. The molecule has 0 aliphatic carbocycles. The van der Waals surface area contributed by atoms with Gasteiger partial charge >= 0.3 is 0 Å². The molecule has 0 fully saturated rings. The summed E-state index contributed by atoms with van der Waals surface area (Å²) >= 11 is 0. The highest BCUT2D eigenvalue weighted by Crippen LogP contribution is 2.16. The van der Waals surface area contributed by atoms with Crippen molar-refractivity contribution in [2.45, 2.75) is 11.3 Å². The van der Waals surface area contributed by atoms with Gasteiger partial charge in [-0.15, -0.1) is 0 Å². The summed E-state index contributed by atoms with van der Waals surface area (Å²) in [5.41, 5.74) is 6.80. The van der Waals surface area contributed by atoms with Crippen molar-refractivity contribution in [3.05, 3.63) is 48.2 Å². The smallest absolute Gasteiger partial charge is 0.263 e. The van der Waals surface area contributed by atoms with Gasteiger partial charge in [-0.1, -0.05) is 12.1 Å². The van der Waals surface area contributed by atoms with Crippen molar-refractivity contribution in [2.75, 3.05) is 17.1 Å². The first kappa shape index (κ1) is 14.3. The Bertz CT molecular complexity index is 667. The molecule has 0 aliphatic rings. The van der Waals surface area contributed by atoms with E-state index in [1.165, 1.54) is 18.3 Å². The lowest BCUT2D eigenvalue weighted by Gasteiger charge is -2.08. The van der Waals surface area contributed by atoms with Gasteiger partial charge in [-0.2, -0.15) is 0 Å². The molecule has 0 atom stereocenters. The van der Waals surface area contributed by atoms with Crippen LogP contribution in [0.15, 0.2) is 47.5 Å². The lowest BCUT2D eigenvalue weighted by atomic mass is 10.1. The highest BCUT2D eigenvalue weighted by Gasteiger charge is 2.14. The Morgan fingerprint density at radius 1 is 1.15 bits per heavy atom. The van der Waals surface area contributed by atoms with E-state index >= 15 is 0 Å². The van der Waals surface area contributed by atoms with E-state index in [-0.39, 0.29) is 17.3 Å². The standard InChI is InChI=1S/C13H15N3O3S/c14-13-6-5-12(9-15-13)20(18,19)16-11-3-1-10(2-4-11)7-8-17/h1-6,9,16-17H,7-8H2,(H2,14,15). The number of hydrogen-bond acceptors (Lipinski definition) is 5. The maximum Gasteiger partial charge on any atom is 0.263 e. The van der Waals surface area contributed by atoms with Gasteiger partial charge in [-0.05, 0) is 36.2 Å². The Kier molecular flexibility index (Phi) is 4.21. The molecule has 0 bridgehead atoms. The monoisotopic (exact) mass is 293 g/mol. The molecule has 6 nitrogen and oxygen atoms in total. The first-order valence-corrected chi connectivity index (χ1v) is 7.44. The minimum absolute atomic E-state index is 0.0473. The third-order valence-corrected chi connectivity index (χ3v) is 4.04. The van der Waals surface area contributed by atoms with Crippen LogP contribution in [0.2, 0.25) is 0 Å². The average Bonchev–Trinajstić information content (AvgIpc) is 2.41. The molecule has 0 unspecified atom stereocenters. The molecule has 1 aromatic heterocycles. The van der Waals surface area contributed by atoms with Crippen LogP contribution < -0.4 is 10.5 Å². The molecule has 0 spiro atoms. The van der Waals surface area contributed by atoms with Crippen LogP contribution in [-0.4, -0.2) is 25.1 Å². The molecule has 0 radical (unpaired) electrons. The highest BCUT2D eigenvalue weighted by molar-refractivity contribution is 7.92. The van der Waals surface area contributed by atoms with E-state index < -0.39 is 10.0 Å². The van der Waals surface area contributed by atoms with E-state index in [2.05, 4.69) is 9.71 Å². The summed E-state index contributed by atoms with van der Waals surface area (Å²) in [6.45, 7) is 0.0577. The molecule has 106 valence electrons. The Morgan fingerprint density at radius 2 is 1.85 bits per heavy atom. The van der Waals surface area contributed by atoms with Crippen LogP contribution in [0.4, 0.5) is 11.5 Å². The second-order valence-electron chi connectivity index (χ2n) is 4.19. The number of anilines is 2. The van der Waals surface area contributed by atoms with Gasteiger partial charge in [0, 0.05) is 18.5 Å². The van der Waals surface area contributed by atoms with Crippen LogP contribution in [0.3, 0.4) is 0 Å². The minimum atomic E-state index is -3.67. The Balaban J connectivity index is 2.17. The zero-order valence-corrected chi connectivity index (χ0v) is 11.5. The van der Waals surface area contributed by atoms with E-state index in [9.17, 15) is 8.42 Å². The SMILES string of the molecule is Nc1ccc(S(=O)(=O)Nc2ccc(CCO)cc2)cn1. The van der Waals surface area contributed by atoms with Crippen LogP contribution in [0.25, 0.3) is 0 Å². The first-order chi connectivity index (χ1) is 9.51. The van der Waals surface area contributed by atoms with Crippen molar-refractivity contribution in [2.24, 2.45) is 0 Å². The lowest BCUT2D eigenvalue weighted by molar-refractivity contribution is 0.299. The van der Waals surface area contributed by atoms with E-state index in [0.29, 0.717) is 12.1 Å². The predicted octanol–water partition coefficient (Wildman–Crippen LogP) is 0.999. The maximum absolute atomic E-state index is 12.1. The van der Waals surface area contributed by atoms with Gasteiger partial charge < -0.3 is 10.8 Å². The van der Waals surface area contributed by atoms with Crippen molar-refractivity contribution in [3.8, 4) is 0 Å². The van der Waals surface area contributed by atoms with Crippen LogP contribution >= 0.6 is 0 Å². The number of aliphatic hydroxyl groups is 1. The summed E-state index contributed by atoms with van der Waals surface area (Å²) in [5, 5.41) is 8.82. The van der Waals surface area contributed by atoms with Gasteiger partial charge in [0.25, 0.3) is 10.0 Å². The number of nitrogens with two attached hydrogens (primary N) is 1. The second-order valence-corrected chi connectivity index (χ2v) is 5.88. The van der Waals surface area contributed by atoms with Gasteiger partial charge in [0.05, 0.1) is 0 Å². The summed E-state index contributed by atoms with van der Waals surface area (Å²) in [6, 6.07) is 9.63. The molecular formula is C13H15N3O3S. The average molecular weight is 293 g/mol. The van der Waals surface area contributed by atoms with Crippen LogP contribution in [0, 0.1) is 0 Å². The van der Waals surface area contributed by atoms with Crippen LogP contribution in [-0.2, 0) is 16.4 Å². The fourth-order valence-corrected chi connectivity index (χ4v) is 2.64. The molecule has 2 aromatic rings. The summed E-state index contributed by atoms with van der Waals surface area (Å²) in [6.07, 6.45) is 1.74. The number of nitrogen functional groups attached to an aromatic ring is 1. The van der Waals surface area contributed by atoms with Gasteiger partial charge in [-0.25, -0.2) is 13.4 Å². The Morgan fingerprint density at radius 3 is 2.40 bits per heavy atom. The number of sulfonamides is 1. The Labute approximate surface area is 117 Å². The number of aliphatic hydroxyl groups excluding tert-OH is 1. The molecule has 20 heavy (non-hydrogen) atoms. The van der Waals surface area contributed by atoms with Gasteiger partial charge in [0.1, 0.15) is 10.7 Å². The third kappa shape index (κ3) is 3.46. The zero-order valence-electron chi connectivity index (χ0n) is 10.7. The van der Waals surface area contributed by atoms with Gasteiger partial charge in [0.2, 0.25) is 0 Å². The van der Waals surface area contributed by atoms with E-state index in [1.807, 2.05) is 0 Å². The van der Waals surface area contributed by atoms with Crippen LogP contribution in [0.1, 0.15) is 5.56 Å². The lowest BCUT2D eigenvalue weighted by Crippen LogP contribution is -2.13. The summed E-state index contributed by atoms with van der Waals surface area (Å²) in [4.78, 5) is 3.80.